The summed E-state index contributed by atoms with van der Waals surface area (Å²) in [6.45, 7) is 0. The van der Waals surface area contributed by atoms with Gasteiger partial charge in [0.05, 0.1) is 0 Å². The topological polar surface area (TPSA) is 0 Å². The molecule has 0 fully saturated rings. The largest absolute Gasteiger partial charge is 0.0776 e. The van der Waals surface area contributed by atoms with E-state index in [-0.39, 0.29) is 67.1 Å². The zero-order valence-corrected chi connectivity index (χ0v) is 17.0. The van der Waals surface area contributed by atoms with E-state index in [1.807, 2.05) is 0 Å². The lowest BCUT2D eigenvalue weighted by atomic mass is 12.0. The molecule has 0 nitrogen and oxygen atoms in total. The van der Waals surface area contributed by atoms with Gasteiger partial charge < -0.3 is 0 Å². The first-order valence-electron chi connectivity index (χ1n) is 52.0. The van der Waals surface area contributed by atoms with Gasteiger partial charge in [-0.25, -0.2) is 0 Å². The van der Waals surface area contributed by atoms with Gasteiger partial charge >= 0.3 is 0 Å². The lowest BCUT2D eigenvalue weighted by Gasteiger charge is -0.0786. The van der Waals surface area contributed by atoms with Crippen molar-refractivity contribution in [3.05, 3.63) is 0 Å². The van der Waals surface area contributed by atoms with Gasteiger partial charge in [-0.15, -0.1) is 0 Å². The molecule has 0 unspecified atom stereocenters. The SMILES string of the molecule is C.C.C.C.C.[3HH].[3HH].[3HH].[3HH].[3HH].[3HH].[3HH].[3HH].[3HH].[3HH].[3HH].[3HH].[3HH].[3HH].[3HH].[3HH].[3HH].[3HH].[3HH].[3HH].[3HH].[3H]C.[3H]C.[3H]C.[3H]C.[3H]C.[3H]C.[3H]C.[3H]C.[3H]C.[3H]C.[3H]C.[3H]C.[3H]C.[3H]C.[3H]C.[3H]C.[3H]C.[3H][3H].[3H][3H].[3H][3H].[3H][3H].[3H][3H].[3H][3H].[3H][3H].[3H][3H].[3H][3H].[3H][3H].[3H][3H].[3H][3H].[3H][3H].[3H][3H].[3H][3H].[3H][3H].[3H][3H].[3H][3H].[3H][3H].[3H][3H].[3H][3H].[3H][3H].[3H][3H].[3H][3H].[3H][3H].[3H][3H].[3H][3H].[3H][3H].[3H][3H].[3H][3H].[3H][3H].[3H][3H].[3H][3H].[3H][3H].[3H][3H]. The third-order valence-corrected chi connectivity index (χ3v) is 0. The van der Waals surface area contributed by atoms with E-state index in [0.29, 0.717) is 0 Å². The highest BCUT2D eigenvalue weighted by Crippen LogP contribution is 0.165. The van der Waals surface area contributed by atoms with Crippen molar-refractivity contribution in [2.24, 2.45) is 0 Å². The first-order chi connectivity index (χ1) is 52.0. The zero-order valence-electron chi connectivity index (χ0n) is 104. The van der Waals surface area contributed by atoms with Crippen LogP contribution in [0.1, 0.15) is 320 Å². The highest BCUT2D eigenvalue weighted by atomic mass is 12.0. The van der Waals surface area contributed by atoms with E-state index in [0.717, 1.165) is 0 Å². The monoisotopic (exact) mass is 682 g/mol. The van der Waals surface area contributed by atoms with Crippen molar-refractivity contribution in [2.45, 2.75) is 163 Å². The predicted molar refractivity (Wildman–Crippen MR) is 266 cm³/mol. The van der Waals surface area contributed by atoms with Crippen molar-refractivity contribution < 1.29 is 157 Å². The first-order valence-corrected chi connectivity index (χ1v) is 0. The quantitative estimate of drug-likeness (QED) is 0.239. The summed E-state index contributed by atoms with van der Waals surface area (Å²) in [7, 11) is 21.2. The molecule has 0 radical (unpaired) electrons. The molecule has 0 rings (SSSR count). The van der Waals surface area contributed by atoms with Crippen LogP contribution in [0.5, 0.6) is 0 Å². The molecule has 0 atom stereocenters. The molecule has 0 amide bonds. The molecule has 0 N–H and O–H groups in total. The molecule has 0 spiro atoms. The van der Waals surface area contributed by atoms with Gasteiger partial charge in [0, 0.05) is 157 Å². The van der Waals surface area contributed by atoms with Crippen LogP contribution in [0.25, 0.3) is 0 Å². The smallest absolute Gasteiger partial charge is 0.0194 e. The van der Waals surface area contributed by atoms with E-state index in [9.17, 15) is 0 Å². The van der Waals surface area contributed by atoms with Gasteiger partial charge in [0.15, 0.2) is 0 Å². The second-order valence-electron chi connectivity index (χ2n) is 0. The average Bonchev–Trinajstić information content (AvgIpc) is 3.90. The van der Waals surface area contributed by atoms with Gasteiger partial charge in [0.2, 0.25) is 0 Å². The van der Waals surface area contributed by atoms with E-state index in [1.54, 1.807) is 0 Å². The molecular formula is C22H200. The standard InChI is InChI=1S/22CH4.56H2/h22*1H4;56*1H/i17*1T;;;;;;35*1+2T;21*1+2. The van der Waals surface area contributed by atoms with Crippen LogP contribution in [0, 0.1) is 0 Å². The van der Waals surface area contributed by atoms with Crippen molar-refractivity contribution in [1.29, 1.82) is 0 Å². The van der Waals surface area contributed by atoms with E-state index < -0.39 is 0 Å². The van der Waals surface area contributed by atoms with Gasteiger partial charge in [0.25, 0.3) is 0 Å². The van der Waals surface area contributed by atoms with Gasteiger partial charge in [-0.1, -0.05) is 163 Å². The van der Waals surface area contributed by atoms with Gasteiger partial charge in [-0.05, 0) is 0 Å². The Bertz CT molecular complexity index is 85.3. The Kier molecular flexibility index (Phi) is 0. The molecule has 0 aromatic heterocycles. The molecule has 0 aliphatic carbocycles. The summed E-state index contributed by atoms with van der Waals surface area (Å²) in [4.78, 5) is 0. The maximum absolute atomic E-state index is 5.75. The number of rotatable bonds is 0. The molecule has 0 aliphatic heterocycles. The summed E-state index contributed by atoms with van der Waals surface area (Å²) < 4.78 is 448. The Labute approximate surface area is 327 Å². The summed E-state index contributed by atoms with van der Waals surface area (Å²) >= 11 is 0. The van der Waals surface area contributed by atoms with E-state index in [4.69, 9.17) is 127 Å². The van der Waals surface area contributed by atoms with Crippen LogP contribution in [0.15, 0.2) is 0 Å². The van der Waals surface area contributed by atoms with Crippen LogP contribution in [0.2, 0.25) is 0 Å². The third kappa shape index (κ3) is 0. The molecule has 0 heteroatoms. The summed E-state index contributed by atoms with van der Waals surface area (Å²) in [6, 6.07) is 0. The number of hydrogen-bond donors (Lipinski definition) is 0. The maximum Gasteiger partial charge on any atom is 0.0194 e. The average molecular weight is 683 g/mol. The summed E-state index contributed by atoms with van der Waals surface area (Å²) in [5, 5.41) is 0. The van der Waals surface area contributed by atoms with Crippen LogP contribution >= 0.6 is 0 Å². The van der Waals surface area contributed by atoms with Gasteiger partial charge in [0.1, 0.15) is 0 Å². The molecule has 0 saturated carbocycles. The Morgan fingerprint density at radius 3 is 0.227 bits per heavy atom. The van der Waals surface area contributed by atoms with Crippen LogP contribution in [-0.2, 0) is 0 Å². The lowest BCUT2D eigenvalue weighted by molar-refractivity contribution is 2.50. The summed E-state index contributed by atoms with van der Waals surface area (Å²) in [6.07, 6.45) is 0. The third-order valence-electron chi connectivity index (χ3n) is 0. The highest BCUT2D eigenvalue weighted by molar-refractivity contribution is 2.52. The van der Waals surface area contributed by atoms with Crippen molar-refractivity contribution in [3.8, 4) is 0 Å². The Morgan fingerprint density at radius 2 is 0.227 bits per heavy atom. The van der Waals surface area contributed by atoms with Gasteiger partial charge in [-0.3, -0.25) is 0 Å². The first kappa shape index (κ1) is 3.59. The second kappa shape index (κ2) is 0. The van der Waals surface area contributed by atoms with Crippen LogP contribution in [0.4, 0.5) is 0 Å². The summed E-state index contributed by atoms with van der Waals surface area (Å²) in [5.41, 5.74) is 0. The van der Waals surface area contributed by atoms with Crippen LogP contribution < -0.4 is 0 Å². The number of hydrogen-bond acceptors (Lipinski definition) is 0. The molecular weight excluding hydrogens is 264 g/mol. The molecule has 0 aromatic carbocycles. The molecule has 0 aromatic rings. The Hall–Kier alpha value is 0. The van der Waals surface area contributed by atoms with E-state index in [1.165, 1.54) is 126 Å². The molecule has 0 bridgehead atoms. The van der Waals surface area contributed by atoms with Crippen LogP contribution in [-0.4, -0.2) is 0 Å². The minimum absolute atomic E-state index is 0. The summed E-state index contributed by atoms with van der Waals surface area (Å²) in [5.74, 6) is 0. The van der Waals surface area contributed by atoms with Gasteiger partial charge in [-0.2, -0.15) is 0 Å². The lowest BCUT2D eigenvalue weighted by Crippen LogP contribution is 0.143. The molecule has 0 heterocycles. The second-order valence-corrected chi connectivity index (χ2v) is 0. The van der Waals surface area contributed by atoms with Crippen molar-refractivity contribution in [3.63, 3.8) is 0 Å². The van der Waals surface area contributed by atoms with Crippen molar-refractivity contribution >= 4 is 0 Å². The molecule has 0 saturated heterocycles. The minimum Gasteiger partial charge on any atom is -0.0776 e. The normalized spacial score (nSPS) is 18.1. The maximum atomic E-state index is 5.75. The minimum atomic E-state index is 0. The molecule has 0 aliphatic rings. The zero-order chi connectivity index (χ0) is 104. The van der Waals surface area contributed by atoms with E-state index >= 15 is 0 Å². The highest BCUT2D eigenvalue weighted by Gasteiger charge is -0.0566. The predicted octanol–water partition coefficient (Wildman–Crippen LogP) is 27.8. The fourth-order valence-corrected chi connectivity index (χ4v) is 0. The Balaban J connectivity index is -0.00000000278. The Morgan fingerprint density at radius 1 is 0.227 bits per heavy atom. The fraction of sp³-hybridized carbons (Fsp3) is 1.00. The van der Waals surface area contributed by atoms with Crippen molar-refractivity contribution in [1.82, 2.24) is 0 Å². The van der Waals surface area contributed by atoms with E-state index in [2.05, 4.69) is 0 Å². The fourth-order valence-electron chi connectivity index (χ4n) is 0. The molecule has 288 valence electrons. The molecule has 22 heavy (non-hydrogen) atoms. The van der Waals surface area contributed by atoms with Crippen LogP contribution in [0.3, 0.4) is 0 Å². The van der Waals surface area contributed by atoms with Crippen molar-refractivity contribution in [2.75, 3.05) is 0 Å².